The fourth-order valence-corrected chi connectivity index (χ4v) is 6.39. The molecule has 6 atom stereocenters. The molecule has 1 aromatic rings. The molecule has 1 rings (SSSR count). The summed E-state index contributed by atoms with van der Waals surface area (Å²) in [5.74, 6) is -11.9. The molecule has 0 saturated heterocycles. The zero-order chi connectivity index (χ0) is 45.4. The van der Waals surface area contributed by atoms with Gasteiger partial charge in [0.2, 0.25) is 17.7 Å². The van der Waals surface area contributed by atoms with Crippen molar-refractivity contribution in [2.24, 2.45) is 23.7 Å². The molecule has 0 saturated carbocycles. The van der Waals surface area contributed by atoms with Crippen molar-refractivity contribution < 1.29 is 73.2 Å². The lowest BCUT2D eigenvalue weighted by Gasteiger charge is -2.18. The quantitative estimate of drug-likeness (QED) is 0.0460. The number of amides is 3. The van der Waals surface area contributed by atoms with Gasteiger partial charge in [-0.15, -0.1) is 0 Å². The molecule has 334 valence electrons. The third kappa shape index (κ3) is 22.4. The van der Waals surface area contributed by atoms with E-state index < -0.39 is 109 Å². The van der Waals surface area contributed by atoms with E-state index in [1.54, 1.807) is 19.4 Å². The summed E-state index contributed by atoms with van der Waals surface area (Å²) in [7, 11) is 0. The molecule has 1 aromatic heterocycles. The number of imidazole rings is 1. The van der Waals surface area contributed by atoms with Crippen LogP contribution in [-0.4, -0.2) is 114 Å². The van der Waals surface area contributed by atoms with Crippen molar-refractivity contribution >= 4 is 64.7 Å². The lowest BCUT2D eigenvalue weighted by Crippen LogP contribution is -2.42. The second kappa shape index (κ2) is 27.8. The number of aromatic nitrogens is 2. The molecule has 0 fully saturated rings. The predicted molar refractivity (Wildman–Crippen MR) is 210 cm³/mol. The van der Waals surface area contributed by atoms with Gasteiger partial charge in [-0.25, -0.2) is 14.6 Å². The van der Waals surface area contributed by atoms with Crippen LogP contribution in [0.2, 0.25) is 0 Å². The fraction of sp³-hybridized carbons (Fsp3) is 0.650. The number of H-pyrrole nitrogens is 1. The SMILES string of the molecule is CC(=O)C[C@@H](CCC(=O)N[C@@H](CCC(=O)C[C@@H](CCC(=O)N[C@@H](CCC(=O)NCCCC[C@H](CC(C)C(=O)CCc1cnc[nH]1)C(C)=O)C(=O)O)C(=O)O)C(=O)O)C(=O)O. The Labute approximate surface area is 347 Å². The third-order valence-corrected chi connectivity index (χ3v) is 10.0. The molecule has 0 aliphatic rings. The molecule has 8 N–H and O–H groups in total. The average Bonchev–Trinajstić information content (AvgIpc) is 3.69. The Bertz CT molecular complexity index is 1660. The molecular weight excluding hydrogens is 790 g/mol. The largest absolute Gasteiger partial charge is 0.481 e. The van der Waals surface area contributed by atoms with E-state index in [4.69, 9.17) is 0 Å². The molecule has 0 radical (unpaired) electrons. The Kier molecular flexibility index (Phi) is 24.2. The van der Waals surface area contributed by atoms with Crippen LogP contribution in [-0.2, 0) is 59.2 Å². The van der Waals surface area contributed by atoms with E-state index in [0.717, 1.165) is 5.69 Å². The van der Waals surface area contributed by atoms with Crippen molar-refractivity contribution in [3.05, 3.63) is 18.2 Å². The molecule has 1 heterocycles. The van der Waals surface area contributed by atoms with Crippen LogP contribution >= 0.6 is 0 Å². The minimum Gasteiger partial charge on any atom is -0.481 e. The maximum Gasteiger partial charge on any atom is 0.326 e. The van der Waals surface area contributed by atoms with Gasteiger partial charge in [-0.3, -0.25) is 38.4 Å². The summed E-state index contributed by atoms with van der Waals surface area (Å²) >= 11 is 0. The highest BCUT2D eigenvalue weighted by Crippen LogP contribution is 2.22. The van der Waals surface area contributed by atoms with E-state index in [1.165, 1.54) is 13.8 Å². The number of Topliss-reactive ketones (excluding diaryl/α,β-unsaturated/α-hetero) is 4. The summed E-state index contributed by atoms with van der Waals surface area (Å²) in [6, 6.07) is -3.02. The number of carboxylic acids is 4. The first kappa shape index (κ1) is 52.2. The Balaban J connectivity index is 2.48. The standard InChI is InChI=1S/C40H59N5O15/c1-23(33(49)13-9-29-21-41-22-43-29)18-26(25(3)47)6-4-5-17-42-34(50)16-12-32(40(59)60)45-36(52)15-8-28(38(55)56)20-30(48)10-11-31(39(57)58)44-35(51)14-7-27(37(53)54)19-24(2)46/h21-23,26-28,31-32H,4-20H2,1-3H3,(H,41,43)(H,42,50)(H,44,51)(H,45,52)(H,53,54)(H,55,56)(H,57,58)(H,59,60)/t23?,26-,27-,28-,31+,32+/m1/s1. The van der Waals surface area contributed by atoms with Gasteiger partial charge < -0.3 is 46.2 Å². The number of rotatable bonds is 34. The minimum atomic E-state index is -1.55. The van der Waals surface area contributed by atoms with Crippen LogP contribution in [0.25, 0.3) is 0 Å². The average molecular weight is 850 g/mol. The number of unbranched alkanes of at least 4 members (excludes halogenated alkanes) is 1. The van der Waals surface area contributed by atoms with Crippen LogP contribution in [0.4, 0.5) is 0 Å². The molecule has 3 amide bonds. The fourth-order valence-electron chi connectivity index (χ4n) is 6.39. The normalized spacial score (nSPS) is 14.0. The number of carboxylic acid groups (broad SMARTS) is 4. The van der Waals surface area contributed by atoms with Crippen molar-refractivity contribution in [3.63, 3.8) is 0 Å². The molecule has 0 aliphatic carbocycles. The van der Waals surface area contributed by atoms with E-state index in [1.807, 2.05) is 0 Å². The van der Waals surface area contributed by atoms with Crippen molar-refractivity contribution in [1.29, 1.82) is 0 Å². The Morgan fingerprint density at radius 1 is 0.633 bits per heavy atom. The van der Waals surface area contributed by atoms with Gasteiger partial charge >= 0.3 is 23.9 Å². The van der Waals surface area contributed by atoms with Crippen LogP contribution in [0.5, 0.6) is 0 Å². The van der Waals surface area contributed by atoms with Gasteiger partial charge in [-0.2, -0.15) is 0 Å². The highest BCUT2D eigenvalue weighted by Gasteiger charge is 2.28. The number of hydrogen-bond donors (Lipinski definition) is 8. The number of ketones is 4. The summed E-state index contributed by atoms with van der Waals surface area (Å²) in [6.45, 7) is 4.74. The van der Waals surface area contributed by atoms with E-state index in [0.29, 0.717) is 38.5 Å². The third-order valence-electron chi connectivity index (χ3n) is 10.0. The van der Waals surface area contributed by atoms with Crippen LogP contribution in [0.3, 0.4) is 0 Å². The molecule has 0 bridgehead atoms. The van der Waals surface area contributed by atoms with Crippen LogP contribution in [0.1, 0.15) is 123 Å². The highest BCUT2D eigenvalue weighted by atomic mass is 16.4. The van der Waals surface area contributed by atoms with Crippen molar-refractivity contribution in [3.8, 4) is 0 Å². The molecule has 1 unspecified atom stereocenters. The van der Waals surface area contributed by atoms with Gasteiger partial charge in [0.1, 0.15) is 35.2 Å². The van der Waals surface area contributed by atoms with E-state index in [2.05, 4.69) is 25.9 Å². The number of aromatic amines is 1. The number of nitrogens with one attached hydrogen (secondary N) is 4. The zero-order valence-electron chi connectivity index (χ0n) is 34.4. The first-order valence-corrected chi connectivity index (χ1v) is 20.0. The number of carbonyl (C=O) groups excluding carboxylic acids is 7. The summed E-state index contributed by atoms with van der Waals surface area (Å²) in [6.07, 6.45) is 2.41. The second-order valence-electron chi connectivity index (χ2n) is 15.1. The van der Waals surface area contributed by atoms with Crippen molar-refractivity contribution in [2.45, 2.75) is 136 Å². The Hall–Kier alpha value is -5.82. The predicted octanol–water partition coefficient (Wildman–Crippen LogP) is 2.03. The van der Waals surface area contributed by atoms with Crippen LogP contribution in [0.15, 0.2) is 12.5 Å². The monoisotopic (exact) mass is 849 g/mol. The topological polar surface area (TPSA) is 333 Å². The summed E-state index contributed by atoms with van der Waals surface area (Å²) in [4.78, 5) is 139. The van der Waals surface area contributed by atoms with E-state index in [-0.39, 0.29) is 62.1 Å². The molecule has 20 nitrogen and oxygen atoms in total. The lowest BCUT2D eigenvalue weighted by molar-refractivity contribution is -0.145. The summed E-state index contributed by atoms with van der Waals surface area (Å²) in [5.41, 5.74) is 0.855. The van der Waals surface area contributed by atoms with Crippen LogP contribution in [0, 0.1) is 23.7 Å². The Morgan fingerprint density at radius 3 is 1.65 bits per heavy atom. The number of carbonyl (C=O) groups is 11. The molecule has 0 aliphatic heterocycles. The van der Waals surface area contributed by atoms with Gasteiger partial charge in [0.25, 0.3) is 0 Å². The molecule has 60 heavy (non-hydrogen) atoms. The van der Waals surface area contributed by atoms with Gasteiger partial charge in [0.05, 0.1) is 18.2 Å². The first-order valence-electron chi connectivity index (χ1n) is 20.0. The zero-order valence-corrected chi connectivity index (χ0v) is 34.4. The molecule has 0 aromatic carbocycles. The first-order chi connectivity index (χ1) is 28.2. The van der Waals surface area contributed by atoms with Gasteiger partial charge in [-0.05, 0) is 65.2 Å². The number of aliphatic carboxylic acids is 4. The maximum atomic E-state index is 12.6. The van der Waals surface area contributed by atoms with Gasteiger partial charge in [0, 0.05) is 75.2 Å². The highest BCUT2D eigenvalue weighted by molar-refractivity contribution is 5.88. The van der Waals surface area contributed by atoms with E-state index >= 15 is 0 Å². The smallest absolute Gasteiger partial charge is 0.326 e. The number of hydrogen-bond acceptors (Lipinski definition) is 12. The number of aryl methyl sites for hydroxylation is 1. The van der Waals surface area contributed by atoms with Gasteiger partial charge in [0.15, 0.2) is 0 Å². The minimum absolute atomic E-state index is 0.0247. The summed E-state index contributed by atoms with van der Waals surface area (Å²) < 4.78 is 0. The summed E-state index contributed by atoms with van der Waals surface area (Å²) in [5, 5.41) is 45.0. The van der Waals surface area contributed by atoms with Crippen molar-refractivity contribution in [1.82, 2.24) is 25.9 Å². The molecule has 20 heteroatoms. The second-order valence-corrected chi connectivity index (χ2v) is 15.1. The lowest BCUT2D eigenvalue weighted by atomic mass is 9.85. The Morgan fingerprint density at radius 2 is 1.17 bits per heavy atom. The molecular formula is C40H59N5O15. The van der Waals surface area contributed by atoms with E-state index in [9.17, 15) is 73.2 Å². The maximum absolute atomic E-state index is 12.6. The number of nitrogens with zero attached hydrogens (tertiary/aromatic N) is 1. The van der Waals surface area contributed by atoms with Gasteiger partial charge in [-0.1, -0.05) is 13.3 Å². The van der Waals surface area contributed by atoms with Crippen molar-refractivity contribution in [2.75, 3.05) is 6.54 Å². The van der Waals surface area contributed by atoms with Crippen LogP contribution < -0.4 is 16.0 Å². The molecule has 0 spiro atoms.